The number of hydrogen-bond acceptors (Lipinski definition) is 2. The van der Waals surface area contributed by atoms with Gasteiger partial charge in [-0.1, -0.05) is 68.8 Å². The Hall–Kier alpha value is -3.45. The molecular weight excluding hydrogens is 501 g/mol. The van der Waals surface area contributed by atoms with E-state index in [0.717, 1.165) is 10.9 Å². The van der Waals surface area contributed by atoms with Gasteiger partial charge in [-0.3, -0.25) is 4.79 Å². The fourth-order valence-corrected chi connectivity index (χ4v) is 4.45. The molecule has 1 N–H and O–H groups in total. The molecule has 1 aromatic heterocycles. The van der Waals surface area contributed by atoms with E-state index in [9.17, 15) is 18.0 Å². The second-order valence-electron chi connectivity index (χ2n) is 10.0. The van der Waals surface area contributed by atoms with Gasteiger partial charge >= 0.3 is 6.36 Å². The van der Waals surface area contributed by atoms with E-state index in [0.29, 0.717) is 34.6 Å². The number of H-pyrrole nitrogens is 1. The first-order valence-corrected chi connectivity index (χ1v) is 12.3. The second kappa shape index (κ2) is 10.5. The minimum atomic E-state index is -4.77. The summed E-state index contributed by atoms with van der Waals surface area (Å²) in [4.78, 5) is 18.6. The van der Waals surface area contributed by atoms with Crippen molar-refractivity contribution in [3.05, 3.63) is 100 Å². The minimum absolute atomic E-state index is 0.00243. The van der Waals surface area contributed by atoms with Gasteiger partial charge in [-0.25, -0.2) is 0 Å². The molecule has 3 aromatic carbocycles. The number of ether oxygens (including phenoxy) is 1. The standard InChI is InChI=1S/C29H28ClF3N2O2/c1-28(2,3)22-9-7-20(8-10-22)18-35(14-12-19-5-4-6-24(15-19)37-29(31,32)33)27(36)25-17-23(30)16-21-11-13-34-26(21)25/h4-11,13,15-17,34H,12,14,18H2,1-3H3. The van der Waals surface area contributed by atoms with E-state index < -0.39 is 6.36 Å². The Bertz CT molecular complexity index is 1390. The number of rotatable bonds is 7. The van der Waals surface area contributed by atoms with Gasteiger partial charge in [0.2, 0.25) is 0 Å². The van der Waals surface area contributed by atoms with E-state index in [1.165, 1.54) is 23.8 Å². The molecule has 0 bridgehead atoms. The molecule has 0 atom stereocenters. The highest BCUT2D eigenvalue weighted by atomic mass is 35.5. The highest BCUT2D eigenvalue weighted by molar-refractivity contribution is 6.32. The van der Waals surface area contributed by atoms with Crippen molar-refractivity contribution in [3.8, 4) is 5.75 Å². The molecule has 1 amide bonds. The Labute approximate surface area is 219 Å². The van der Waals surface area contributed by atoms with E-state index in [-0.39, 0.29) is 23.6 Å². The van der Waals surface area contributed by atoms with E-state index in [2.05, 4.69) is 42.6 Å². The van der Waals surface area contributed by atoms with Crippen LogP contribution in [-0.4, -0.2) is 28.7 Å². The van der Waals surface area contributed by atoms with Gasteiger partial charge in [-0.05, 0) is 58.9 Å². The Balaban J connectivity index is 1.62. The van der Waals surface area contributed by atoms with Crippen LogP contribution in [0.3, 0.4) is 0 Å². The van der Waals surface area contributed by atoms with E-state index in [1.54, 1.807) is 29.3 Å². The number of alkyl halides is 3. The molecule has 8 heteroatoms. The molecule has 0 spiro atoms. The summed E-state index contributed by atoms with van der Waals surface area (Å²) in [5.41, 5.74) is 3.87. The minimum Gasteiger partial charge on any atom is -0.406 e. The van der Waals surface area contributed by atoms with E-state index >= 15 is 0 Å². The maximum absolute atomic E-state index is 13.8. The van der Waals surface area contributed by atoms with Crippen LogP contribution in [0.5, 0.6) is 5.75 Å². The van der Waals surface area contributed by atoms with Gasteiger partial charge in [0, 0.05) is 29.7 Å². The van der Waals surface area contributed by atoms with Gasteiger partial charge in [0.15, 0.2) is 0 Å². The SMILES string of the molecule is CC(C)(C)c1ccc(CN(CCc2cccc(OC(F)(F)F)c2)C(=O)c2cc(Cl)cc3cc[nH]c23)cc1. The molecule has 0 radical (unpaired) electrons. The summed E-state index contributed by atoms with van der Waals surface area (Å²) in [5.74, 6) is -0.513. The van der Waals surface area contributed by atoms with Crippen molar-refractivity contribution < 1.29 is 22.7 Å². The van der Waals surface area contributed by atoms with Crippen LogP contribution in [0.2, 0.25) is 5.02 Å². The summed E-state index contributed by atoms with van der Waals surface area (Å²) >= 11 is 6.30. The maximum atomic E-state index is 13.8. The van der Waals surface area contributed by atoms with Gasteiger partial charge < -0.3 is 14.6 Å². The number of aromatic nitrogens is 1. The number of benzene rings is 3. The number of carbonyl (C=O) groups is 1. The molecule has 0 fully saturated rings. The van der Waals surface area contributed by atoms with Crippen LogP contribution >= 0.6 is 11.6 Å². The fourth-order valence-electron chi connectivity index (χ4n) is 4.22. The van der Waals surface area contributed by atoms with Gasteiger partial charge in [-0.2, -0.15) is 0 Å². The third kappa shape index (κ3) is 6.86. The molecule has 194 valence electrons. The first-order chi connectivity index (χ1) is 17.4. The van der Waals surface area contributed by atoms with Crippen molar-refractivity contribution in [3.63, 3.8) is 0 Å². The van der Waals surface area contributed by atoms with Crippen LogP contribution in [0.1, 0.15) is 47.8 Å². The number of fused-ring (bicyclic) bond motifs is 1. The molecule has 4 rings (SSSR count). The quantitative estimate of drug-likeness (QED) is 0.265. The lowest BCUT2D eigenvalue weighted by Gasteiger charge is -2.25. The van der Waals surface area contributed by atoms with Gasteiger partial charge in [0.1, 0.15) is 5.75 Å². The third-order valence-electron chi connectivity index (χ3n) is 6.14. The smallest absolute Gasteiger partial charge is 0.406 e. The number of nitrogens with zero attached hydrogens (tertiary/aromatic N) is 1. The first kappa shape index (κ1) is 26.6. The van der Waals surface area contributed by atoms with E-state index in [1.807, 2.05) is 18.2 Å². The summed E-state index contributed by atoms with van der Waals surface area (Å²) in [6.45, 7) is 7.01. The Kier molecular flexibility index (Phi) is 7.55. The number of amides is 1. The average molecular weight is 529 g/mol. The van der Waals surface area contributed by atoms with Crippen LogP contribution in [-0.2, 0) is 18.4 Å². The van der Waals surface area contributed by atoms with Crippen LogP contribution in [0.4, 0.5) is 13.2 Å². The normalized spacial score (nSPS) is 12.1. The van der Waals surface area contributed by atoms with Crippen LogP contribution in [0, 0.1) is 0 Å². The van der Waals surface area contributed by atoms with Crippen LogP contribution in [0.15, 0.2) is 72.9 Å². The third-order valence-corrected chi connectivity index (χ3v) is 6.36. The van der Waals surface area contributed by atoms with Gasteiger partial charge in [0.05, 0.1) is 11.1 Å². The molecule has 37 heavy (non-hydrogen) atoms. The predicted octanol–water partition coefficient (Wildman–Crippen LogP) is 7.90. The summed E-state index contributed by atoms with van der Waals surface area (Å²) in [6, 6.07) is 19.2. The monoisotopic (exact) mass is 528 g/mol. The van der Waals surface area contributed by atoms with Crippen molar-refractivity contribution in [2.45, 2.75) is 45.5 Å². The number of halogens is 4. The van der Waals surface area contributed by atoms with Crippen LogP contribution in [0.25, 0.3) is 10.9 Å². The largest absolute Gasteiger partial charge is 0.573 e. The lowest BCUT2D eigenvalue weighted by molar-refractivity contribution is -0.274. The van der Waals surface area contributed by atoms with Gasteiger partial charge in [-0.15, -0.1) is 13.2 Å². The summed E-state index contributed by atoms with van der Waals surface area (Å²) < 4.78 is 42.1. The summed E-state index contributed by atoms with van der Waals surface area (Å²) in [6.07, 6.45) is -2.68. The zero-order valence-electron chi connectivity index (χ0n) is 20.8. The highest BCUT2D eigenvalue weighted by Crippen LogP contribution is 2.27. The topological polar surface area (TPSA) is 45.3 Å². The summed E-state index contributed by atoms with van der Waals surface area (Å²) in [7, 11) is 0. The highest BCUT2D eigenvalue weighted by Gasteiger charge is 2.31. The first-order valence-electron chi connectivity index (χ1n) is 11.9. The lowest BCUT2D eigenvalue weighted by Crippen LogP contribution is -2.32. The molecule has 0 aliphatic heterocycles. The zero-order valence-corrected chi connectivity index (χ0v) is 21.6. The van der Waals surface area contributed by atoms with Crippen molar-refractivity contribution in [2.24, 2.45) is 0 Å². The summed E-state index contributed by atoms with van der Waals surface area (Å²) in [5, 5.41) is 1.27. The molecular formula is C29H28ClF3N2O2. The van der Waals surface area contributed by atoms with Gasteiger partial charge in [0.25, 0.3) is 5.91 Å². The molecule has 0 unspecified atom stereocenters. The Morgan fingerprint density at radius 2 is 1.70 bits per heavy atom. The number of nitrogens with one attached hydrogen (secondary N) is 1. The molecule has 0 saturated heterocycles. The molecule has 0 aliphatic carbocycles. The van der Waals surface area contributed by atoms with Crippen molar-refractivity contribution in [2.75, 3.05) is 6.54 Å². The average Bonchev–Trinajstić information content (AvgIpc) is 3.28. The van der Waals surface area contributed by atoms with Crippen LogP contribution < -0.4 is 4.74 Å². The fraction of sp³-hybridized carbons (Fsp3) is 0.276. The molecule has 0 aliphatic rings. The Morgan fingerprint density at radius 1 is 0.973 bits per heavy atom. The molecule has 4 aromatic rings. The van der Waals surface area contributed by atoms with Crippen molar-refractivity contribution in [1.82, 2.24) is 9.88 Å². The van der Waals surface area contributed by atoms with Crippen molar-refractivity contribution >= 4 is 28.4 Å². The predicted molar refractivity (Wildman–Crippen MR) is 140 cm³/mol. The second-order valence-corrected chi connectivity index (χ2v) is 10.5. The molecule has 1 heterocycles. The number of aromatic amines is 1. The molecule has 4 nitrogen and oxygen atoms in total. The number of carbonyl (C=O) groups excluding carboxylic acids is 1. The lowest BCUT2D eigenvalue weighted by atomic mass is 9.87. The molecule has 0 saturated carbocycles. The van der Waals surface area contributed by atoms with Crippen molar-refractivity contribution in [1.29, 1.82) is 0 Å². The Morgan fingerprint density at radius 3 is 2.38 bits per heavy atom. The van der Waals surface area contributed by atoms with E-state index in [4.69, 9.17) is 11.6 Å². The maximum Gasteiger partial charge on any atom is 0.573 e. The zero-order chi connectivity index (χ0) is 26.8. The number of hydrogen-bond donors (Lipinski definition) is 1.